The zero-order valence-electron chi connectivity index (χ0n) is 9.79. The Balaban J connectivity index is 2.15. The minimum absolute atomic E-state index is 0.152. The first kappa shape index (κ1) is 10.1. The van der Waals surface area contributed by atoms with Crippen molar-refractivity contribution in [2.75, 3.05) is 0 Å². The van der Waals surface area contributed by atoms with Gasteiger partial charge in [-0.25, -0.2) is 4.79 Å². The molecule has 2 N–H and O–H groups in total. The minimum Gasteiger partial charge on any atom is -0.477 e. The van der Waals surface area contributed by atoms with Gasteiger partial charge in [-0.3, -0.25) is 9.38 Å². The van der Waals surface area contributed by atoms with Gasteiger partial charge in [0.2, 0.25) is 0 Å². The Bertz CT molecular complexity index is 904. The fourth-order valence-electron chi connectivity index (χ4n) is 2.47. The SMILES string of the molecule is O=C(O)c1cn2c3cc4ccccc4c-3ncc2[nH]1. The van der Waals surface area contributed by atoms with Crippen LogP contribution in [0.25, 0.3) is 27.8 Å². The number of nitrogens with zero attached hydrogens (tertiary/aromatic N) is 2. The van der Waals surface area contributed by atoms with Gasteiger partial charge in [0.05, 0.1) is 17.6 Å². The van der Waals surface area contributed by atoms with Crippen molar-refractivity contribution in [3.8, 4) is 11.4 Å². The van der Waals surface area contributed by atoms with E-state index in [0.717, 1.165) is 22.2 Å². The molecule has 0 unspecified atom stereocenters. The van der Waals surface area contributed by atoms with Crippen LogP contribution in [-0.2, 0) is 0 Å². The van der Waals surface area contributed by atoms with Crippen molar-refractivity contribution < 1.29 is 9.90 Å². The number of imidazole rings is 1. The second kappa shape index (κ2) is 3.35. The van der Waals surface area contributed by atoms with Crippen LogP contribution >= 0.6 is 0 Å². The first-order valence-electron chi connectivity index (χ1n) is 5.85. The lowest BCUT2D eigenvalue weighted by molar-refractivity contribution is 0.0691. The van der Waals surface area contributed by atoms with E-state index in [0.29, 0.717) is 5.65 Å². The summed E-state index contributed by atoms with van der Waals surface area (Å²) in [6.07, 6.45) is 3.24. The Hall–Kier alpha value is -2.82. The van der Waals surface area contributed by atoms with Crippen LogP contribution in [0, 0.1) is 0 Å². The number of H-pyrrole nitrogens is 1. The molecule has 0 saturated carbocycles. The van der Waals surface area contributed by atoms with Gasteiger partial charge in [-0.2, -0.15) is 0 Å². The number of carboxylic acid groups (broad SMARTS) is 1. The van der Waals surface area contributed by atoms with Crippen LogP contribution in [-0.4, -0.2) is 25.4 Å². The van der Waals surface area contributed by atoms with Crippen molar-refractivity contribution in [1.82, 2.24) is 14.4 Å². The highest BCUT2D eigenvalue weighted by Gasteiger charge is 2.16. The summed E-state index contributed by atoms with van der Waals surface area (Å²) in [5.74, 6) is -0.979. The molecular weight excluding hydrogens is 242 g/mol. The summed E-state index contributed by atoms with van der Waals surface area (Å²) in [7, 11) is 0. The van der Waals surface area contributed by atoms with Crippen molar-refractivity contribution >= 4 is 22.4 Å². The second-order valence-electron chi connectivity index (χ2n) is 4.45. The molecule has 0 spiro atoms. The van der Waals surface area contributed by atoms with Crippen molar-refractivity contribution in [1.29, 1.82) is 0 Å². The van der Waals surface area contributed by atoms with Crippen LogP contribution in [0.2, 0.25) is 0 Å². The van der Waals surface area contributed by atoms with Crippen LogP contribution in [0.3, 0.4) is 0 Å². The molecule has 1 aliphatic carbocycles. The summed E-state index contributed by atoms with van der Waals surface area (Å²) in [6, 6.07) is 10.0. The predicted molar refractivity (Wildman–Crippen MR) is 70.6 cm³/mol. The molecular formula is C14H9N3O2. The van der Waals surface area contributed by atoms with E-state index in [1.54, 1.807) is 12.4 Å². The smallest absolute Gasteiger partial charge is 0.353 e. The topological polar surface area (TPSA) is 70.4 Å². The maximum atomic E-state index is 11.0. The Morgan fingerprint density at radius 1 is 1.32 bits per heavy atom. The summed E-state index contributed by atoms with van der Waals surface area (Å²) in [6.45, 7) is 0. The summed E-state index contributed by atoms with van der Waals surface area (Å²) >= 11 is 0. The fourth-order valence-corrected chi connectivity index (χ4v) is 2.47. The highest BCUT2D eigenvalue weighted by atomic mass is 16.4. The molecule has 1 aromatic heterocycles. The summed E-state index contributed by atoms with van der Waals surface area (Å²) in [5.41, 5.74) is 2.60. The minimum atomic E-state index is -0.979. The van der Waals surface area contributed by atoms with E-state index < -0.39 is 5.97 Å². The molecule has 0 radical (unpaired) electrons. The third-order valence-electron chi connectivity index (χ3n) is 3.34. The van der Waals surface area contributed by atoms with E-state index in [2.05, 4.69) is 9.97 Å². The van der Waals surface area contributed by atoms with Gasteiger partial charge in [-0.1, -0.05) is 24.3 Å². The van der Waals surface area contributed by atoms with Crippen molar-refractivity contribution in [3.05, 3.63) is 48.4 Å². The fraction of sp³-hybridized carbons (Fsp3) is 0. The normalized spacial score (nSPS) is 11.6. The number of carboxylic acids is 1. The number of aromatic amines is 1. The predicted octanol–water partition coefficient (Wildman–Crippen LogP) is 2.62. The summed E-state index contributed by atoms with van der Waals surface area (Å²) in [4.78, 5) is 18.3. The van der Waals surface area contributed by atoms with Crippen LogP contribution < -0.4 is 0 Å². The van der Waals surface area contributed by atoms with Gasteiger partial charge < -0.3 is 10.1 Å². The molecule has 4 rings (SSSR count). The molecule has 2 aliphatic rings. The number of benzene rings is 1. The molecule has 0 fully saturated rings. The van der Waals surface area contributed by atoms with Gasteiger partial charge in [-0.05, 0) is 11.5 Å². The van der Waals surface area contributed by atoms with Gasteiger partial charge in [0.1, 0.15) is 11.3 Å². The van der Waals surface area contributed by atoms with Crippen LogP contribution in [0.15, 0.2) is 42.7 Å². The van der Waals surface area contributed by atoms with Crippen molar-refractivity contribution in [2.24, 2.45) is 0 Å². The molecule has 2 aromatic rings. The third-order valence-corrected chi connectivity index (χ3v) is 3.34. The Morgan fingerprint density at radius 2 is 2.16 bits per heavy atom. The second-order valence-corrected chi connectivity index (χ2v) is 4.45. The molecule has 1 aromatic carbocycles. The first-order valence-corrected chi connectivity index (χ1v) is 5.85. The maximum absolute atomic E-state index is 11.0. The van der Waals surface area contributed by atoms with E-state index in [-0.39, 0.29) is 5.69 Å². The number of carbonyl (C=O) groups is 1. The standard InChI is InChI=1S/C14H9N3O2/c18-14(19)10-7-17-11-5-8-3-1-2-4-9(8)13(11)15-6-12(17)16-10/h1-7,16H,(H,18,19). The molecule has 5 nitrogen and oxygen atoms in total. The quantitative estimate of drug-likeness (QED) is 0.546. The number of hydrogen-bond acceptors (Lipinski definition) is 2. The van der Waals surface area contributed by atoms with Crippen molar-refractivity contribution in [3.63, 3.8) is 0 Å². The summed E-state index contributed by atoms with van der Waals surface area (Å²) < 4.78 is 1.83. The van der Waals surface area contributed by atoms with Gasteiger partial charge in [0.15, 0.2) is 0 Å². The zero-order chi connectivity index (χ0) is 13.0. The molecule has 19 heavy (non-hydrogen) atoms. The van der Waals surface area contributed by atoms with Crippen LogP contribution in [0.1, 0.15) is 10.5 Å². The molecule has 1 aliphatic heterocycles. The van der Waals surface area contributed by atoms with Crippen LogP contribution in [0.4, 0.5) is 0 Å². The Labute approximate surface area is 107 Å². The lowest BCUT2D eigenvalue weighted by atomic mass is 10.2. The van der Waals surface area contributed by atoms with Crippen molar-refractivity contribution in [2.45, 2.75) is 0 Å². The van der Waals surface area contributed by atoms with Gasteiger partial charge in [-0.15, -0.1) is 0 Å². The first-order chi connectivity index (χ1) is 9.24. The highest BCUT2D eigenvalue weighted by Crippen LogP contribution is 2.32. The molecule has 0 bridgehead atoms. The third kappa shape index (κ3) is 1.29. The monoisotopic (exact) mass is 251 g/mol. The van der Waals surface area contributed by atoms with E-state index in [9.17, 15) is 4.79 Å². The molecule has 0 atom stereocenters. The van der Waals surface area contributed by atoms with E-state index in [1.165, 1.54) is 0 Å². The molecule has 5 heteroatoms. The summed E-state index contributed by atoms with van der Waals surface area (Å²) in [5, 5.41) is 11.2. The molecule has 0 saturated heterocycles. The maximum Gasteiger partial charge on any atom is 0.353 e. The lowest BCUT2D eigenvalue weighted by Gasteiger charge is -2.01. The molecule has 0 amide bonds. The highest BCUT2D eigenvalue weighted by molar-refractivity contribution is 6.00. The van der Waals surface area contributed by atoms with E-state index >= 15 is 0 Å². The molecule has 2 heterocycles. The number of aromatic nitrogens is 3. The number of fused-ring (bicyclic) bond motifs is 5. The van der Waals surface area contributed by atoms with Gasteiger partial charge in [0.25, 0.3) is 0 Å². The number of rotatable bonds is 1. The number of nitrogens with one attached hydrogen (secondary N) is 1. The average molecular weight is 251 g/mol. The largest absolute Gasteiger partial charge is 0.477 e. The lowest BCUT2D eigenvalue weighted by Crippen LogP contribution is -1.95. The number of aromatic carboxylic acids is 1. The Morgan fingerprint density at radius 3 is 3.00 bits per heavy atom. The zero-order valence-corrected chi connectivity index (χ0v) is 9.79. The van der Waals surface area contributed by atoms with E-state index in [1.807, 2.05) is 34.7 Å². The number of hydrogen-bond donors (Lipinski definition) is 2. The van der Waals surface area contributed by atoms with E-state index in [4.69, 9.17) is 5.11 Å². The van der Waals surface area contributed by atoms with Crippen LogP contribution in [0.5, 0.6) is 0 Å². The average Bonchev–Trinajstić information content (AvgIpc) is 2.99. The Kier molecular flexibility index (Phi) is 1.79. The van der Waals surface area contributed by atoms with Gasteiger partial charge in [0, 0.05) is 11.6 Å². The molecule has 92 valence electrons. The van der Waals surface area contributed by atoms with Gasteiger partial charge >= 0.3 is 5.97 Å².